The highest BCUT2D eigenvalue weighted by Gasteiger charge is 2.11. The van der Waals surface area contributed by atoms with Gasteiger partial charge in [-0.1, -0.05) is 6.92 Å². The van der Waals surface area contributed by atoms with E-state index >= 15 is 0 Å². The molecule has 4 nitrogen and oxygen atoms in total. The molecule has 0 saturated carbocycles. The summed E-state index contributed by atoms with van der Waals surface area (Å²) in [5.74, 6) is 0.245. The van der Waals surface area contributed by atoms with Crippen molar-refractivity contribution >= 4 is 0 Å². The lowest BCUT2D eigenvalue weighted by Gasteiger charge is -2.18. The Kier molecular flexibility index (Phi) is 4.78. The highest BCUT2D eigenvalue weighted by Crippen LogP contribution is 2.20. The molecule has 0 N–H and O–H groups in total. The summed E-state index contributed by atoms with van der Waals surface area (Å²) >= 11 is 0. The topological polar surface area (TPSA) is 42.2 Å². The van der Waals surface area contributed by atoms with Crippen molar-refractivity contribution in [3.63, 3.8) is 0 Å². The molecule has 118 valence electrons. The zero-order chi connectivity index (χ0) is 16.1. The molecule has 5 heteroatoms. The van der Waals surface area contributed by atoms with Crippen LogP contribution in [0.3, 0.4) is 0 Å². The quantitative estimate of drug-likeness (QED) is 0.692. The van der Waals surface area contributed by atoms with E-state index in [1.165, 1.54) is 17.7 Å². The summed E-state index contributed by atoms with van der Waals surface area (Å²) in [6, 6.07) is 10.2. The first kappa shape index (κ1) is 15.4. The summed E-state index contributed by atoms with van der Waals surface area (Å²) in [7, 11) is 0. The van der Waals surface area contributed by atoms with Crippen molar-refractivity contribution in [3.05, 3.63) is 72.1 Å². The van der Waals surface area contributed by atoms with Gasteiger partial charge in [-0.3, -0.25) is 9.88 Å². The van der Waals surface area contributed by atoms with Crippen molar-refractivity contribution in [2.75, 3.05) is 6.54 Å². The van der Waals surface area contributed by atoms with Gasteiger partial charge in [-0.05, 0) is 48.5 Å². The van der Waals surface area contributed by atoms with E-state index < -0.39 is 0 Å². The number of aromatic nitrogens is 2. The van der Waals surface area contributed by atoms with E-state index in [9.17, 15) is 4.39 Å². The number of oxazole rings is 1. The van der Waals surface area contributed by atoms with E-state index in [4.69, 9.17) is 4.42 Å². The Bertz CT molecular complexity index is 740. The normalized spacial score (nSPS) is 11.1. The van der Waals surface area contributed by atoms with E-state index in [-0.39, 0.29) is 5.82 Å². The van der Waals surface area contributed by atoms with Crippen LogP contribution in [0.15, 0.2) is 59.5 Å². The number of halogens is 1. The molecule has 3 rings (SSSR count). The predicted octanol–water partition coefficient (Wildman–Crippen LogP) is 3.90. The fourth-order valence-corrected chi connectivity index (χ4v) is 2.36. The van der Waals surface area contributed by atoms with Gasteiger partial charge in [0.2, 0.25) is 5.89 Å². The number of nitrogens with zero attached hydrogens (tertiary/aromatic N) is 3. The molecule has 0 spiro atoms. The highest BCUT2D eigenvalue weighted by atomic mass is 19.1. The number of hydrogen-bond donors (Lipinski definition) is 0. The molecule has 23 heavy (non-hydrogen) atoms. The number of pyridine rings is 1. The van der Waals surface area contributed by atoms with E-state index in [1.807, 2.05) is 12.1 Å². The first-order valence-electron chi connectivity index (χ1n) is 7.56. The third kappa shape index (κ3) is 4.02. The van der Waals surface area contributed by atoms with Crippen molar-refractivity contribution in [2.45, 2.75) is 20.0 Å². The van der Waals surface area contributed by atoms with Crippen LogP contribution in [-0.2, 0) is 13.1 Å². The highest BCUT2D eigenvalue weighted by molar-refractivity contribution is 5.52. The summed E-state index contributed by atoms with van der Waals surface area (Å²) < 4.78 is 18.5. The third-order valence-electron chi connectivity index (χ3n) is 3.63. The van der Waals surface area contributed by atoms with Gasteiger partial charge in [-0.2, -0.15) is 0 Å². The Hall–Kier alpha value is -2.53. The molecule has 0 amide bonds. The Morgan fingerprint density at radius 3 is 2.48 bits per heavy atom. The van der Waals surface area contributed by atoms with Crippen molar-refractivity contribution in [3.8, 4) is 11.5 Å². The van der Waals surface area contributed by atoms with Crippen molar-refractivity contribution in [2.24, 2.45) is 0 Å². The van der Waals surface area contributed by atoms with Crippen LogP contribution >= 0.6 is 0 Å². The van der Waals surface area contributed by atoms with Gasteiger partial charge in [0.1, 0.15) is 12.1 Å². The molecule has 0 aliphatic carbocycles. The molecule has 0 radical (unpaired) electrons. The Labute approximate surface area is 134 Å². The molecule has 0 bridgehead atoms. The van der Waals surface area contributed by atoms with Gasteiger partial charge in [0.05, 0.1) is 5.69 Å². The van der Waals surface area contributed by atoms with Gasteiger partial charge < -0.3 is 4.42 Å². The average Bonchev–Trinajstić information content (AvgIpc) is 3.04. The van der Waals surface area contributed by atoms with Crippen LogP contribution < -0.4 is 0 Å². The molecule has 0 unspecified atom stereocenters. The first-order valence-corrected chi connectivity index (χ1v) is 7.56. The van der Waals surface area contributed by atoms with Gasteiger partial charge in [-0.15, -0.1) is 0 Å². The first-order chi connectivity index (χ1) is 11.2. The second-order valence-corrected chi connectivity index (χ2v) is 5.31. The van der Waals surface area contributed by atoms with E-state index in [0.717, 1.165) is 24.3 Å². The minimum atomic E-state index is -0.268. The molecule has 1 aromatic carbocycles. The molecule has 2 heterocycles. The van der Waals surface area contributed by atoms with Crippen molar-refractivity contribution in [1.82, 2.24) is 14.9 Å². The van der Waals surface area contributed by atoms with Crippen molar-refractivity contribution in [1.29, 1.82) is 0 Å². The lowest BCUT2D eigenvalue weighted by Crippen LogP contribution is -2.22. The zero-order valence-electron chi connectivity index (χ0n) is 12.9. The summed E-state index contributed by atoms with van der Waals surface area (Å²) in [4.78, 5) is 10.8. The van der Waals surface area contributed by atoms with Crippen LogP contribution in [0.2, 0.25) is 0 Å². The minimum absolute atomic E-state index is 0.268. The molecule has 0 aliphatic heterocycles. The van der Waals surface area contributed by atoms with Crippen LogP contribution in [0.5, 0.6) is 0 Å². The monoisotopic (exact) mass is 311 g/mol. The van der Waals surface area contributed by atoms with Crippen LogP contribution in [0, 0.1) is 5.82 Å². The fraction of sp³-hybridized carbons (Fsp3) is 0.222. The van der Waals surface area contributed by atoms with E-state index in [2.05, 4.69) is 21.8 Å². The minimum Gasteiger partial charge on any atom is -0.444 e. The standard InChI is InChI=1S/C18H18FN3O/c1-2-22(11-14-7-9-20-10-8-14)12-17-13-23-18(21-17)15-3-5-16(19)6-4-15/h3-10,13H,2,11-12H2,1H3. The number of benzene rings is 1. The molecule has 2 aromatic heterocycles. The smallest absolute Gasteiger partial charge is 0.226 e. The summed E-state index contributed by atoms with van der Waals surface area (Å²) in [6.45, 7) is 4.55. The lowest BCUT2D eigenvalue weighted by molar-refractivity contribution is 0.268. The Morgan fingerprint density at radius 1 is 1.04 bits per heavy atom. The van der Waals surface area contributed by atoms with Gasteiger partial charge in [0, 0.05) is 31.0 Å². The molecular weight excluding hydrogens is 293 g/mol. The lowest BCUT2D eigenvalue weighted by atomic mass is 10.2. The third-order valence-corrected chi connectivity index (χ3v) is 3.63. The molecule has 0 saturated heterocycles. The SMILES string of the molecule is CCN(Cc1ccncc1)Cc1coc(-c2ccc(F)cc2)n1. The van der Waals surface area contributed by atoms with Gasteiger partial charge in [0.15, 0.2) is 0 Å². The van der Waals surface area contributed by atoms with Crippen LogP contribution in [0.4, 0.5) is 4.39 Å². The van der Waals surface area contributed by atoms with Gasteiger partial charge in [0.25, 0.3) is 0 Å². The maximum atomic E-state index is 13.0. The zero-order valence-corrected chi connectivity index (χ0v) is 12.9. The number of hydrogen-bond acceptors (Lipinski definition) is 4. The second kappa shape index (κ2) is 7.15. The Balaban J connectivity index is 1.68. The van der Waals surface area contributed by atoms with Crippen molar-refractivity contribution < 1.29 is 8.81 Å². The van der Waals surface area contributed by atoms with Gasteiger partial charge in [-0.25, -0.2) is 9.37 Å². The predicted molar refractivity (Wildman–Crippen MR) is 85.9 cm³/mol. The maximum Gasteiger partial charge on any atom is 0.226 e. The second-order valence-electron chi connectivity index (χ2n) is 5.31. The molecule has 0 aliphatic rings. The maximum absolute atomic E-state index is 13.0. The average molecular weight is 311 g/mol. The summed E-state index contributed by atoms with van der Waals surface area (Å²) in [5.41, 5.74) is 2.85. The molecule has 0 fully saturated rings. The van der Waals surface area contributed by atoms with Gasteiger partial charge >= 0.3 is 0 Å². The van der Waals surface area contributed by atoms with Crippen LogP contribution in [-0.4, -0.2) is 21.4 Å². The van der Waals surface area contributed by atoms with Crippen LogP contribution in [0.25, 0.3) is 11.5 Å². The molecular formula is C18H18FN3O. The number of rotatable bonds is 6. The van der Waals surface area contributed by atoms with Crippen LogP contribution in [0.1, 0.15) is 18.2 Å². The molecule has 3 aromatic rings. The van der Waals surface area contributed by atoms with E-state index in [1.54, 1.807) is 30.8 Å². The summed E-state index contributed by atoms with van der Waals surface area (Å²) in [6.07, 6.45) is 5.26. The largest absolute Gasteiger partial charge is 0.444 e. The fourth-order valence-electron chi connectivity index (χ4n) is 2.36. The molecule has 0 atom stereocenters. The van der Waals surface area contributed by atoms with E-state index in [0.29, 0.717) is 12.4 Å². The summed E-state index contributed by atoms with van der Waals surface area (Å²) in [5, 5.41) is 0. The Morgan fingerprint density at radius 2 is 1.78 bits per heavy atom.